The molecule has 6 rings (SSSR count). The van der Waals surface area contributed by atoms with Gasteiger partial charge in [-0.1, -0.05) is 11.6 Å². The molecule has 2 unspecified atom stereocenters. The lowest BCUT2D eigenvalue weighted by Gasteiger charge is -2.42. The number of rotatable bonds is 7. The smallest absolute Gasteiger partial charge is 0.255 e. The maximum atomic E-state index is 13.1. The first-order chi connectivity index (χ1) is 20.2. The van der Waals surface area contributed by atoms with Crippen LogP contribution in [0, 0.1) is 16.7 Å². The maximum Gasteiger partial charge on any atom is 0.255 e. The SMILES string of the molecule is CC1=CN(CC(F)F)C(O)N(Cc2cc3nccc(-c4cc(Cl)cc5ccn(CC6(C#N)CCNCC6)c45)c3s2)C1O. The van der Waals surface area contributed by atoms with Gasteiger partial charge in [0.15, 0.2) is 6.35 Å². The van der Waals surface area contributed by atoms with Gasteiger partial charge in [-0.2, -0.15) is 5.26 Å². The molecule has 2 aliphatic heterocycles. The molecule has 5 heterocycles. The van der Waals surface area contributed by atoms with Crippen LogP contribution in [-0.4, -0.2) is 68.2 Å². The van der Waals surface area contributed by atoms with E-state index in [1.54, 1.807) is 13.1 Å². The summed E-state index contributed by atoms with van der Waals surface area (Å²) in [6.07, 6.45) is 1.52. The van der Waals surface area contributed by atoms with E-state index in [9.17, 15) is 24.3 Å². The standard InChI is InChI=1S/C30H31ClF2N6O2S/c1-18-13-38(15-25(32)33)29(41)39(28(18)40)14-21-12-24-27(42-21)22(2-6-36-24)23-11-20(31)10-19-3-9-37(26(19)23)17-30(16-34)4-7-35-8-5-30/h2-3,6,9-13,25,28-29,35,40-41H,4-5,7-8,14-15,17H2,1H3. The molecule has 2 aliphatic rings. The summed E-state index contributed by atoms with van der Waals surface area (Å²) < 4.78 is 29.3. The Morgan fingerprint density at radius 1 is 1.21 bits per heavy atom. The van der Waals surface area contributed by atoms with Gasteiger partial charge in [-0.15, -0.1) is 11.3 Å². The lowest BCUT2D eigenvalue weighted by Crippen LogP contribution is -2.55. The number of aliphatic hydroxyl groups is 2. The fourth-order valence-electron chi connectivity index (χ4n) is 6.09. The number of nitrogens with zero attached hydrogens (tertiary/aromatic N) is 5. The minimum absolute atomic E-state index is 0.133. The van der Waals surface area contributed by atoms with Crippen molar-refractivity contribution in [1.82, 2.24) is 24.7 Å². The van der Waals surface area contributed by atoms with Crippen LogP contribution in [0.5, 0.6) is 0 Å². The zero-order valence-corrected chi connectivity index (χ0v) is 24.5. The molecule has 0 saturated carbocycles. The van der Waals surface area contributed by atoms with Crippen LogP contribution in [-0.2, 0) is 13.1 Å². The van der Waals surface area contributed by atoms with Crippen LogP contribution in [0.3, 0.4) is 0 Å². The van der Waals surface area contributed by atoms with E-state index >= 15 is 0 Å². The number of thiophene rings is 1. The molecule has 3 aromatic heterocycles. The summed E-state index contributed by atoms with van der Waals surface area (Å²) >= 11 is 8.07. The van der Waals surface area contributed by atoms with Crippen LogP contribution in [0.2, 0.25) is 5.02 Å². The molecule has 8 nitrogen and oxygen atoms in total. The van der Waals surface area contributed by atoms with E-state index in [1.807, 2.05) is 36.5 Å². The summed E-state index contributed by atoms with van der Waals surface area (Å²) in [4.78, 5) is 7.90. The predicted octanol–water partition coefficient (Wildman–Crippen LogP) is 5.35. The first kappa shape index (κ1) is 29.0. The average Bonchev–Trinajstić information content (AvgIpc) is 3.57. The number of piperidine rings is 1. The molecule has 0 spiro atoms. The van der Waals surface area contributed by atoms with Crippen LogP contribution < -0.4 is 5.32 Å². The van der Waals surface area contributed by atoms with Gasteiger partial charge in [0.1, 0.15) is 6.23 Å². The Morgan fingerprint density at radius 2 is 2.00 bits per heavy atom. The Hall–Kier alpha value is -3.11. The quantitative estimate of drug-likeness (QED) is 0.259. The third kappa shape index (κ3) is 5.39. The maximum absolute atomic E-state index is 13.1. The van der Waals surface area contributed by atoms with Crippen molar-refractivity contribution in [2.24, 2.45) is 5.41 Å². The van der Waals surface area contributed by atoms with E-state index in [2.05, 4.69) is 20.9 Å². The molecule has 220 valence electrons. The summed E-state index contributed by atoms with van der Waals surface area (Å²) in [5.41, 5.74) is 3.58. The molecule has 4 aromatic rings. The van der Waals surface area contributed by atoms with Crippen molar-refractivity contribution in [3.63, 3.8) is 0 Å². The molecule has 1 fully saturated rings. The first-order valence-corrected chi connectivity index (χ1v) is 15.0. The van der Waals surface area contributed by atoms with Gasteiger partial charge >= 0.3 is 0 Å². The van der Waals surface area contributed by atoms with E-state index in [-0.39, 0.29) is 6.54 Å². The fourth-order valence-corrected chi connectivity index (χ4v) is 7.47. The number of fused-ring (bicyclic) bond motifs is 2. The number of hydrogen-bond acceptors (Lipinski definition) is 8. The summed E-state index contributed by atoms with van der Waals surface area (Å²) in [5.74, 6) is 0. The number of aromatic nitrogens is 2. The lowest BCUT2D eigenvalue weighted by molar-refractivity contribution is -0.171. The van der Waals surface area contributed by atoms with E-state index in [0.717, 1.165) is 68.0 Å². The first-order valence-electron chi connectivity index (χ1n) is 13.8. The molecule has 1 saturated heterocycles. The second-order valence-corrected chi connectivity index (χ2v) is 12.7. The molecule has 2 atom stereocenters. The van der Waals surface area contributed by atoms with Crippen LogP contribution in [0.15, 0.2) is 54.5 Å². The topological polar surface area (TPSA) is 101 Å². The van der Waals surface area contributed by atoms with Crippen molar-refractivity contribution in [2.45, 2.75) is 51.9 Å². The molecule has 0 radical (unpaired) electrons. The molecule has 12 heteroatoms. The second-order valence-electron chi connectivity index (χ2n) is 11.1. The normalized spacial score (nSPS) is 21.3. The van der Waals surface area contributed by atoms with Gasteiger partial charge in [-0.05, 0) is 68.8 Å². The van der Waals surface area contributed by atoms with Crippen molar-refractivity contribution >= 4 is 44.1 Å². The molecule has 42 heavy (non-hydrogen) atoms. The predicted molar refractivity (Wildman–Crippen MR) is 160 cm³/mol. The van der Waals surface area contributed by atoms with Crippen molar-refractivity contribution in [3.8, 4) is 17.2 Å². The Labute approximate surface area is 251 Å². The number of benzene rings is 1. The zero-order chi connectivity index (χ0) is 29.6. The van der Waals surface area contributed by atoms with E-state index < -0.39 is 31.0 Å². The van der Waals surface area contributed by atoms with E-state index in [1.165, 1.54) is 22.4 Å². The number of halogens is 3. The summed E-state index contributed by atoms with van der Waals surface area (Å²) in [6, 6.07) is 12.3. The average molecular weight is 613 g/mol. The van der Waals surface area contributed by atoms with E-state index in [0.29, 0.717) is 17.1 Å². The van der Waals surface area contributed by atoms with Gasteiger partial charge in [-0.25, -0.2) is 13.7 Å². The number of aliphatic hydroxyl groups excluding tert-OH is 2. The van der Waals surface area contributed by atoms with Crippen molar-refractivity contribution < 1.29 is 19.0 Å². The summed E-state index contributed by atoms with van der Waals surface area (Å²) in [5, 5.41) is 36.7. The van der Waals surface area contributed by atoms with Gasteiger partial charge in [0.05, 0.1) is 33.8 Å². The Bertz CT molecular complexity index is 1690. The number of alkyl halides is 2. The van der Waals surface area contributed by atoms with Gasteiger partial charge in [0.2, 0.25) is 0 Å². The fraction of sp³-hybridized carbons (Fsp3) is 0.400. The summed E-state index contributed by atoms with van der Waals surface area (Å²) in [7, 11) is 0. The van der Waals surface area contributed by atoms with Gasteiger partial charge in [0.25, 0.3) is 6.43 Å². The summed E-state index contributed by atoms with van der Waals surface area (Å²) in [6.45, 7) is 3.32. The Kier molecular flexibility index (Phi) is 7.95. The van der Waals surface area contributed by atoms with Crippen LogP contribution in [0.25, 0.3) is 32.2 Å². The zero-order valence-electron chi connectivity index (χ0n) is 23.0. The number of pyridine rings is 1. The highest BCUT2D eigenvalue weighted by Gasteiger charge is 2.35. The number of nitrogens with one attached hydrogen (secondary N) is 1. The number of hydrogen-bond donors (Lipinski definition) is 3. The van der Waals surface area contributed by atoms with Crippen LogP contribution in [0.4, 0.5) is 8.78 Å². The monoisotopic (exact) mass is 612 g/mol. The highest BCUT2D eigenvalue weighted by molar-refractivity contribution is 7.19. The van der Waals surface area contributed by atoms with Crippen molar-refractivity contribution in [3.05, 3.63) is 64.4 Å². The third-order valence-electron chi connectivity index (χ3n) is 8.22. The minimum Gasteiger partial charge on any atom is -0.374 e. The van der Waals surface area contributed by atoms with Crippen LogP contribution >= 0.6 is 22.9 Å². The molecule has 0 amide bonds. The number of nitriles is 1. The molecule has 3 N–H and O–H groups in total. The van der Waals surface area contributed by atoms with Gasteiger partial charge < -0.3 is 25.0 Å². The third-order valence-corrected chi connectivity index (χ3v) is 9.58. The second kappa shape index (κ2) is 11.5. The van der Waals surface area contributed by atoms with Gasteiger partial charge in [0, 0.05) is 58.1 Å². The Morgan fingerprint density at radius 3 is 2.74 bits per heavy atom. The molecular weight excluding hydrogens is 582 g/mol. The highest BCUT2D eigenvalue weighted by Crippen LogP contribution is 2.41. The molecule has 0 aliphatic carbocycles. The largest absolute Gasteiger partial charge is 0.374 e. The Balaban J connectivity index is 1.39. The minimum atomic E-state index is -2.64. The van der Waals surface area contributed by atoms with Crippen molar-refractivity contribution in [2.75, 3.05) is 19.6 Å². The van der Waals surface area contributed by atoms with Crippen molar-refractivity contribution in [1.29, 1.82) is 5.26 Å². The van der Waals surface area contributed by atoms with Gasteiger partial charge in [-0.3, -0.25) is 4.98 Å². The molecule has 1 aromatic carbocycles. The molecular formula is C30H31ClF2N6O2S. The molecule has 0 bridgehead atoms. The highest BCUT2D eigenvalue weighted by atomic mass is 35.5. The lowest BCUT2D eigenvalue weighted by atomic mass is 9.80. The van der Waals surface area contributed by atoms with E-state index in [4.69, 9.17) is 11.6 Å². The van der Waals surface area contributed by atoms with Crippen LogP contribution in [0.1, 0.15) is 24.6 Å².